The average Bonchev–Trinajstić information content (AvgIpc) is 3.24. The van der Waals surface area contributed by atoms with Crippen molar-refractivity contribution in [1.29, 1.82) is 5.26 Å². The summed E-state index contributed by atoms with van der Waals surface area (Å²) >= 11 is 1.51. The zero-order valence-corrected chi connectivity index (χ0v) is 15.1. The Balaban J connectivity index is 1.54. The number of amides is 1. The van der Waals surface area contributed by atoms with Gasteiger partial charge >= 0.3 is 5.97 Å². The molecule has 5 nitrogen and oxygen atoms in total. The first-order valence-corrected chi connectivity index (χ1v) is 9.60. The van der Waals surface area contributed by atoms with Crippen molar-refractivity contribution in [2.24, 2.45) is 0 Å². The number of carbonyl (C=O) groups excluding carboxylic acids is 2. The number of anilines is 1. The van der Waals surface area contributed by atoms with Crippen molar-refractivity contribution in [1.82, 2.24) is 0 Å². The largest absolute Gasteiger partial charge is 0.458 e. The van der Waals surface area contributed by atoms with Gasteiger partial charge in [-0.3, -0.25) is 4.79 Å². The normalized spacial score (nSPS) is 19.1. The van der Waals surface area contributed by atoms with Gasteiger partial charge in [-0.1, -0.05) is 18.2 Å². The van der Waals surface area contributed by atoms with Crippen LogP contribution in [0.1, 0.15) is 45.6 Å². The number of rotatable bonds is 3. The lowest BCUT2D eigenvalue weighted by Crippen LogP contribution is -2.25. The summed E-state index contributed by atoms with van der Waals surface area (Å²) in [6.45, 7) is 0.680. The molecule has 1 aliphatic heterocycles. The van der Waals surface area contributed by atoms with E-state index in [4.69, 9.17) is 4.74 Å². The molecule has 1 atom stereocenters. The second-order valence-electron chi connectivity index (χ2n) is 6.58. The molecule has 4 rings (SSSR count). The number of esters is 1. The Morgan fingerprint density at radius 1 is 1.27 bits per heavy atom. The van der Waals surface area contributed by atoms with Crippen molar-refractivity contribution >= 4 is 28.2 Å². The summed E-state index contributed by atoms with van der Waals surface area (Å²) < 4.78 is 5.67. The Labute approximate surface area is 155 Å². The molecule has 1 amide bonds. The SMILES string of the molecule is N#Cc1c(N2CCCC2=O)sc2c1CCC(OC(=O)c1ccccc1)C2. The van der Waals surface area contributed by atoms with E-state index >= 15 is 0 Å². The van der Waals surface area contributed by atoms with Crippen LogP contribution >= 0.6 is 11.3 Å². The molecular formula is C20H18N2O3S. The van der Waals surface area contributed by atoms with E-state index in [1.165, 1.54) is 11.3 Å². The first-order chi connectivity index (χ1) is 12.7. The minimum Gasteiger partial charge on any atom is -0.458 e. The summed E-state index contributed by atoms with van der Waals surface area (Å²) in [5, 5.41) is 10.4. The third kappa shape index (κ3) is 2.99. The molecule has 1 unspecified atom stereocenters. The average molecular weight is 366 g/mol. The van der Waals surface area contributed by atoms with E-state index in [-0.39, 0.29) is 18.0 Å². The van der Waals surface area contributed by atoms with Gasteiger partial charge in [-0.05, 0) is 37.0 Å². The second-order valence-corrected chi connectivity index (χ2v) is 7.66. The fraction of sp³-hybridized carbons (Fsp3) is 0.350. The predicted octanol–water partition coefficient (Wildman–Crippen LogP) is 3.46. The minimum atomic E-state index is -0.314. The molecule has 1 aliphatic carbocycles. The van der Waals surface area contributed by atoms with E-state index in [9.17, 15) is 14.9 Å². The van der Waals surface area contributed by atoms with Gasteiger partial charge in [0.1, 0.15) is 17.2 Å². The molecular weight excluding hydrogens is 348 g/mol. The molecule has 1 fully saturated rings. The van der Waals surface area contributed by atoms with Crippen molar-refractivity contribution in [2.75, 3.05) is 11.4 Å². The van der Waals surface area contributed by atoms with E-state index in [1.807, 2.05) is 18.2 Å². The van der Waals surface area contributed by atoms with E-state index in [2.05, 4.69) is 6.07 Å². The molecule has 0 saturated carbocycles. The summed E-state index contributed by atoms with van der Waals surface area (Å²) in [5.41, 5.74) is 2.21. The Morgan fingerprint density at radius 2 is 2.08 bits per heavy atom. The second kappa shape index (κ2) is 6.93. The third-order valence-corrected chi connectivity index (χ3v) is 6.19. The number of fused-ring (bicyclic) bond motifs is 1. The van der Waals surface area contributed by atoms with Crippen LogP contribution in [-0.4, -0.2) is 24.5 Å². The number of ether oxygens (including phenoxy) is 1. The van der Waals surface area contributed by atoms with Crippen molar-refractivity contribution in [2.45, 2.75) is 38.2 Å². The maximum absolute atomic E-state index is 12.3. The summed E-state index contributed by atoms with van der Waals surface area (Å²) in [6.07, 6.45) is 3.19. The van der Waals surface area contributed by atoms with Crippen LogP contribution in [0.15, 0.2) is 30.3 Å². The van der Waals surface area contributed by atoms with Crippen molar-refractivity contribution in [3.63, 3.8) is 0 Å². The smallest absolute Gasteiger partial charge is 0.338 e. The van der Waals surface area contributed by atoms with Crippen LogP contribution in [0.25, 0.3) is 0 Å². The number of thiophene rings is 1. The van der Waals surface area contributed by atoms with Gasteiger partial charge in [0.2, 0.25) is 5.91 Å². The van der Waals surface area contributed by atoms with Gasteiger partial charge in [0.15, 0.2) is 0 Å². The lowest BCUT2D eigenvalue weighted by atomic mass is 9.93. The molecule has 6 heteroatoms. The third-order valence-electron chi connectivity index (χ3n) is 4.92. The molecule has 2 aliphatic rings. The molecule has 26 heavy (non-hydrogen) atoms. The molecule has 2 aromatic rings. The fourth-order valence-corrected chi connectivity index (χ4v) is 5.01. The molecule has 132 valence electrons. The van der Waals surface area contributed by atoms with Gasteiger partial charge in [0.25, 0.3) is 0 Å². The molecule has 0 spiro atoms. The van der Waals surface area contributed by atoms with Crippen LogP contribution in [0.2, 0.25) is 0 Å². The van der Waals surface area contributed by atoms with Crippen LogP contribution in [0.4, 0.5) is 5.00 Å². The molecule has 0 radical (unpaired) electrons. The number of nitriles is 1. The highest BCUT2D eigenvalue weighted by Gasteiger charge is 2.32. The monoisotopic (exact) mass is 366 g/mol. The molecule has 2 heterocycles. The quantitative estimate of drug-likeness (QED) is 0.780. The van der Waals surface area contributed by atoms with E-state index in [0.29, 0.717) is 43.4 Å². The van der Waals surface area contributed by atoms with Gasteiger partial charge in [0.05, 0.1) is 11.1 Å². The molecule has 1 aromatic heterocycles. The van der Waals surface area contributed by atoms with Gasteiger partial charge in [-0.15, -0.1) is 11.3 Å². The molecule has 0 bridgehead atoms. The van der Waals surface area contributed by atoms with Gasteiger partial charge in [-0.2, -0.15) is 5.26 Å². The number of benzene rings is 1. The summed E-state index contributed by atoms with van der Waals surface area (Å²) in [5.74, 6) is -0.224. The van der Waals surface area contributed by atoms with Gasteiger partial charge in [0, 0.05) is 24.3 Å². The maximum Gasteiger partial charge on any atom is 0.338 e. The summed E-state index contributed by atoms with van der Waals surface area (Å²) in [6, 6.07) is 11.3. The van der Waals surface area contributed by atoms with Gasteiger partial charge in [-0.25, -0.2) is 4.79 Å². The standard InChI is InChI=1S/C20H18N2O3S/c21-12-16-15-9-8-14(25-20(24)13-5-2-1-3-6-13)11-17(15)26-19(16)22-10-4-7-18(22)23/h1-3,5-6,14H,4,7-11H2. The molecule has 1 aromatic carbocycles. The summed E-state index contributed by atoms with van der Waals surface area (Å²) in [7, 11) is 0. The van der Waals surface area contributed by atoms with E-state index in [0.717, 1.165) is 21.9 Å². The Bertz CT molecular complexity index is 898. The van der Waals surface area contributed by atoms with Crippen molar-refractivity contribution in [3.8, 4) is 6.07 Å². The number of hydrogen-bond acceptors (Lipinski definition) is 5. The van der Waals surface area contributed by atoms with Crippen LogP contribution in [0.5, 0.6) is 0 Å². The minimum absolute atomic E-state index is 0.0900. The first kappa shape index (κ1) is 16.8. The summed E-state index contributed by atoms with van der Waals surface area (Å²) in [4.78, 5) is 27.2. The predicted molar refractivity (Wildman–Crippen MR) is 98.3 cm³/mol. The topological polar surface area (TPSA) is 70.4 Å². The van der Waals surface area contributed by atoms with E-state index < -0.39 is 0 Å². The van der Waals surface area contributed by atoms with Crippen LogP contribution in [0, 0.1) is 11.3 Å². The highest BCUT2D eigenvalue weighted by Crippen LogP contribution is 2.41. The van der Waals surface area contributed by atoms with Crippen LogP contribution in [0.3, 0.4) is 0 Å². The number of carbonyl (C=O) groups is 2. The fourth-order valence-electron chi connectivity index (χ4n) is 3.60. The first-order valence-electron chi connectivity index (χ1n) is 8.78. The maximum atomic E-state index is 12.3. The Kier molecular flexibility index (Phi) is 4.48. The van der Waals surface area contributed by atoms with E-state index in [1.54, 1.807) is 17.0 Å². The van der Waals surface area contributed by atoms with Gasteiger partial charge < -0.3 is 9.64 Å². The Morgan fingerprint density at radius 3 is 2.77 bits per heavy atom. The van der Waals surface area contributed by atoms with Crippen molar-refractivity contribution in [3.05, 3.63) is 51.9 Å². The number of nitrogens with zero attached hydrogens (tertiary/aromatic N) is 2. The highest BCUT2D eigenvalue weighted by atomic mass is 32.1. The zero-order chi connectivity index (χ0) is 18.1. The Hall–Kier alpha value is -2.65. The van der Waals surface area contributed by atoms with Crippen LogP contribution in [-0.2, 0) is 22.4 Å². The lowest BCUT2D eigenvalue weighted by molar-refractivity contribution is -0.117. The van der Waals surface area contributed by atoms with Crippen LogP contribution < -0.4 is 4.90 Å². The number of hydrogen-bond donors (Lipinski definition) is 0. The highest BCUT2D eigenvalue weighted by molar-refractivity contribution is 7.16. The van der Waals surface area contributed by atoms with Crippen molar-refractivity contribution < 1.29 is 14.3 Å². The lowest BCUT2D eigenvalue weighted by Gasteiger charge is -2.22. The molecule has 1 saturated heterocycles. The zero-order valence-electron chi connectivity index (χ0n) is 14.2. The molecule has 0 N–H and O–H groups in total.